The van der Waals surface area contributed by atoms with Gasteiger partial charge in [0.05, 0.1) is 26.4 Å². The summed E-state index contributed by atoms with van der Waals surface area (Å²) in [5.41, 5.74) is 0. The Bertz CT molecular complexity index is 183. The average Bonchev–Trinajstić information content (AvgIpc) is 2.27. The number of carbonyl (C=O) groups is 2. The third-order valence-corrected chi connectivity index (χ3v) is 1.96. The van der Waals surface area contributed by atoms with Gasteiger partial charge in [0, 0.05) is 0 Å². The minimum atomic E-state index is -0.644. The van der Waals surface area contributed by atoms with Gasteiger partial charge in [0.1, 0.15) is 0 Å². The lowest BCUT2D eigenvalue weighted by Gasteiger charge is -2.09. The van der Waals surface area contributed by atoms with Crippen LogP contribution >= 0.6 is 0 Å². The van der Waals surface area contributed by atoms with Crippen LogP contribution in [0.4, 0.5) is 9.59 Å². The molecule has 0 bridgehead atoms. The molecule has 0 saturated carbocycles. The zero-order valence-electron chi connectivity index (χ0n) is 9.11. The van der Waals surface area contributed by atoms with Gasteiger partial charge < -0.3 is 18.9 Å². The van der Waals surface area contributed by atoms with Crippen molar-refractivity contribution in [1.82, 2.24) is 0 Å². The van der Waals surface area contributed by atoms with Crippen LogP contribution in [0.2, 0.25) is 0 Å². The van der Waals surface area contributed by atoms with E-state index in [9.17, 15) is 9.59 Å². The molecule has 1 heterocycles. The molecule has 0 atom stereocenters. The van der Waals surface area contributed by atoms with Gasteiger partial charge in [-0.15, -0.1) is 0 Å². The number of carbonyl (C=O) groups excluding carboxylic acids is 2. The fraction of sp³-hybridized carbons (Fsp3) is 0.800. The minimum Gasteiger partial charge on any atom is -0.434 e. The van der Waals surface area contributed by atoms with Crippen LogP contribution in [-0.4, -0.2) is 38.7 Å². The van der Waals surface area contributed by atoms with Crippen molar-refractivity contribution in [3.05, 3.63) is 0 Å². The predicted octanol–water partition coefficient (Wildman–Crippen LogP) is 1.87. The minimum absolute atomic E-state index is 0.275. The van der Waals surface area contributed by atoms with E-state index in [2.05, 4.69) is 0 Å². The number of rotatable bonds is 0. The maximum atomic E-state index is 10.9. The van der Waals surface area contributed by atoms with Crippen molar-refractivity contribution in [1.29, 1.82) is 0 Å². The Balaban J connectivity index is 2.23. The van der Waals surface area contributed by atoms with Gasteiger partial charge in [-0.3, -0.25) is 0 Å². The maximum Gasteiger partial charge on any atom is 0.508 e. The van der Waals surface area contributed by atoms with Gasteiger partial charge in [0.15, 0.2) is 0 Å². The molecule has 1 rings (SSSR count). The molecule has 1 fully saturated rings. The van der Waals surface area contributed by atoms with Crippen molar-refractivity contribution in [3.63, 3.8) is 0 Å². The van der Waals surface area contributed by atoms with Gasteiger partial charge in [-0.2, -0.15) is 0 Å². The first kappa shape index (κ1) is 12.6. The SMILES string of the molecule is O=C1OCCCCOC(=O)OCCCCO1. The van der Waals surface area contributed by atoms with Crippen molar-refractivity contribution in [2.24, 2.45) is 0 Å². The van der Waals surface area contributed by atoms with E-state index in [-0.39, 0.29) is 26.4 Å². The number of hydrogen-bond donors (Lipinski definition) is 0. The smallest absolute Gasteiger partial charge is 0.434 e. The number of hydrogen-bond acceptors (Lipinski definition) is 6. The Morgan fingerprint density at radius 2 is 0.812 bits per heavy atom. The lowest BCUT2D eigenvalue weighted by Crippen LogP contribution is -2.14. The van der Waals surface area contributed by atoms with Crippen molar-refractivity contribution in [2.45, 2.75) is 25.7 Å². The van der Waals surface area contributed by atoms with Crippen LogP contribution in [0.15, 0.2) is 0 Å². The van der Waals surface area contributed by atoms with Crippen molar-refractivity contribution < 1.29 is 28.5 Å². The second kappa shape index (κ2) is 7.78. The summed E-state index contributed by atoms with van der Waals surface area (Å²) in [7, 11) is 0. The van der Waals surface area contributed by atoms with Gasteiger partial charge in [-0.25, -0.2) is 9.59 Å². The van der Waals surface area contributed by atoms with Gasteiger partial charge in [-0.1, -0.05) is 0 Å². The molecule has 6 heteroatoms. The summed E-state index contributed by atoms with van der Waals surface area (Å²) in [6.45, 7) is 1.10. The van der Waals surface area contributed by atoms with Crippen molar-refractivity contribution >= 4 is 12.3 Å². The monoisotopic (exact) mass is 232 g/mol. The normalized spacial score (nSPS) is 20.8. The summed E-state index contributed by atoms with van der Waals surface area (Å²) in [5, 5.41) is 0. The van der Waals surface area contributed by atoms with E-state index >= 15 is 0 Å². The number of ether oxygens (including phenoxy) is 4. The van der Waals surface area contributed by atoms with Gasteiger partial charge in [0.25, 0.3) is 0 Å². The fourth-order valence-electron chi connectivity index (χ4n) is 1.11. The molecule has 0 N–H and O–H groups in total. The van der Waals surface area contributed by atoms with Gasteiger partial charge in [-0.05, 0) is 25.7 Å². The molecule has 6 nitrogen and oxygen atoms in total. The summed E-state index contributed by atoms with van der Waals surface area (Å²) in [5.74, 6) is 0. The summed E-state index contributed by atoms with van der Waals surface area (Å²) < 4.78 is 19.1. The van der Waals surface area contributed by atoms with Crippen LogP contribution in [0.5, 0.6) is 0 Å². The summed E-state index contributed by atoms with van der Waals surface area (Å²) in [6.07, 6.45) is 1.22. The third-order valence-electron chi connectivity index (χ3n) is 1.96. The molecule has 0 amide bonds. The molecule has 1 aliphatic heterocycles. The largest absolute Gasteiger partial charge is 0.508 e. The average molecular weight is 232 g/mol. The molecule has 0 radical (unpaired) electrons. The molecule has 0 unspecified atom stereocenters. The summed E-state index contributed by atoms with van der Waals surface area (Å²) in [6, 6.07) is 0. The Morgan fingerprint density at radius 3 is 1.06 bits per heavy atom. The van der Waals surface area contributed by atoms with E-state index in [1.807, 2.05) is 0 Å². The lowest BCUT2D eigenvalue weighted by atomic mass is 10.3. The van der Waals surface area contributed by atoms with Crippen LogP contribution in [0.25, 0.3) is 0 Å². The fourth-order valence-corrected chi connectivity index (χ4v) is 1.11. The highest BCUT2D eigenvalue weighted by Gasteiger charge is 2.07. The Labute approximate surface area is 93.8 Å². The first-order valence-corrected chi connectivity index (χ1v) is 5.38. The van der Waals surface area contributed by atoms with Crippen LogP contribution < -0.4 is 0 Å². The molecule has 0 aliphatic carbocycles. The highest BCUT2D eigenvalue weighted by atomic mass is 16.7. The van der Waals surface area contributed by atoms with Crippen molar-refractivity contribution in [3.8, 4) is 0 Å². The standard InChI is InChI=1S/C10H16O6/c11-9-13-5-1-2-6-14-10(12)16-8-4-3-7-15-9/h1-8H2. The molecule has 1 aliphatic rings. The third kappa shape index (κ3) is 6.10. The van der Waals surface area contributed by atoms with E-state index in [1.54, 1.807) is 0 Å². The second-order valence-electron chi connectivity index (χ2n) is 3.31. The van der Waals surface area contributed by atoms with Crippen molar-refractivity contribution in [2.75, 3.05) is 26.4 Å². The second-order valence-corrected chi connectivity index (χ2v) is 3.31. The topological polar surface area (TPSA) is 71.1 Å². The van der Waals surface area contributed by atoms with E-state index in [4.69, 9.17) is 18.9 Å². The first-order valence-electron chi connectivity index (χ1n) is 5.38. The molecule has 0 aromatic heterocycles. The Kier molecular flexibility index (Phi) is 6.13. The summed E-state index contributed by atoms with van der Waals surface area (Å²) in [4.78, 5) is 21.9. The van der Waals surface area contributed by atoms with Crippen LogP contribution in [0.1, 0.15) is 25.7 Å². The molecule has 1 saturated heterocycles. The maximum absolute atomic E-state index is 10.9. The molecule has 16 heavy (non-hydrogen) atoms. The molecular weight excluding hydrogens is 216 g/mol. The van der Waals surface area contributed by atoms with E-state index in [0.717, 1.165) is 0 Å². The number of cyclic esters (lactones) is 4. The van der Waals surface area contributed by atoms with Crippen LogP contribution in [0, 0.1) is 0 Å². The quantitative estimate of drug-likeness (QED) is 0.594. The predicted molar refractivity (Wildman–Crippen MR) is 53.1 cm³/mol. The lowest BCUT2D eigenvalue weighted by molar-refractivity contribution is 0.0342. The molecule has 0 spiro atoms. The Morgan fingerprint density at radius 1 is 0.562 bits per heavy atom. The molecular formula is C10H16O6. The zero-order chi connectivity index (χ0) is 11.6. The molecule has 0 aromatic rings. The zero-order valence-corrected chi connectivity index (χ0v) is 9.11. The summed E-state index contributed by atoms with van der Waals surface area (Å²) >= 11 is 0. The van der Waals surface area contributed by atoms with E-state index in [0.29, 0.717) is 25.7 Å². The van der Waals surface area contributed by atoms with Gasteiger partial charge >= 0.3 is 12.3 Å². The highest BCUT2D eigenvalue weighted by Crippen LogP contribution is 1.99. The molecule has 0 aromatic carbocycles. The van der Waals surface area contributed by atoms with Crippen LogP contribution in [-0.2, 0) is 18.9 Å². The highest BCUT2D eigenvalue weighted by molar-refractivity contribution is 5.60. The van der Waals surface area contributed by atoms with E-state index in [1.165, 1.54) is 0 Å². The van der Waals surface area contributed by atoms with Gasteiger partial charge in [0.2, 0.25) is 0 Å². The molecule has 92 valence electrons. The van der Waals surface area contributed by atoms with Crippen LogP contribution in [0.3, 0.4) is 0 Å². The first-order chi connectivity index (χ1) is 7.79. The van der Waals surface area contributed by atoms with E-state index < -0.39 is 12.3 Å². The Hall–Kier alpha value is -1.46.